The number of halogens is 1. The van der Waals surface area contributed by atoms with Gasteiger partial charge in [0, 0.05) is 25.2 Å². The molecule has 1 amide bonds. The molecule has 1 rings (SSSR count). The zero-order valence-corrected chi connectivity index (χ0v) is 16.5. The summed E-state index contributed by atoms with van der Waals surface area (Å²) in [5.74, 6) is -0.223. The molecule has 7 nitrogen and oxygen atoms in total. The Morgan fingerprint density at radius 1 is 1.36 bits per heavy atom. The number of carbonyl (C=O) groups is 1. The Morgan fingerprint density at radius 2 is 2.04 bits per heavy atom. The number of hydrogen-bond acceptors (Lipinski definition) is 5. The summed E-state index contributed by atoms with van der Waals surface area (Å²) in [4.78, 5) is 11.9. The molecule has 1 N–H and O–H groups in total. The Morgan fingerprint density at radius 3 is 2.64 bits per heavy atom. The molecule has 0 radical (unpaired) electrons. The van der Waals surface area contributed by atoms with Gasteiger partial charge < -0.3 is 14.8 Å². The van der Waals surface area contributed by atoms with Crippen molar-refractivity contribution >= 4 is 27.5 Å². The van der Waals surface area contributed by atoms with E-state index in [-0.39, 0.29) is 28.3 Å². The van der Waals surface area contributed by atoms with Gasteiger partial charge >= 0.3 is 0 Å². The third kappa shape index (κ3) is 6.81. The molecule has 0 atom stereocenters. The minimum Gasteiger partial charge on any atom is -0.495 e. The van der Waals surface area contributed by atoms with Gasteiger partial charge in [-0.25, -0.2) is 8.42 Å². The Labute approximate surface area is 154 Å². The predicted octanol–water partition coefficient (Wildman–Crippen LogP) is 1.90. The molecule has 9 heteroatoms. The van der Waals surface area contributed by atoms with E-state index in [2.05, 4.69) is 5.32 Å². The van der Waals surface area contributed by atoms with Crippen molar-refractivity contribution in [3.05, 3.63) is 23.2 Å². The first kappa shape index (κ1) is 21.7. The Bertz CT molecular complexity index is 679. The SMILES string of the molecule is COc1ccc(Cl)cc1S(=O)(=O)N(C)CC(=O)NCCCOC(C)C. The van der Waals surface area contributed by atoms with Gasteiger partial charge in [0.05, 0.1) is 19.8 Å². The first-order valence-electron chi connectivity index (χ1n) is 7.86. The van der Waals surface area contributed by atoms with Gasteiger partial charge in [-0.3, -0.25) is 4.79 Å². The van der Waals surface area contributed by atoms with Crippen molar-refractivity contribution in [1.29, 1.82) is 0 Å². The molecule has 1 aromatic carbocycles. The lowest BCUT2D eigenvalue weighted by Gasteiger charge is -2.18. The Balaban J connectivity index is 2.65. The highest BCUT2D eigenvalue weighted by atomic mass is 35.5. The molecule has 142 valence electrons. The van der Waals surface area contributed by atoms with Crippen LogP contribution in [-0.4, -0.2) is 58.6 Å². The van der Waals surface area contributed by atoms with Crippen molar-refractivity contribution in [2.45, 2.75) is 31.3 Å². The third-order valence-electron chi connectivity index (χ3n) is 3.27. The van der Waals surface area contributed by atoms with Gasteiger partial charge in [0.1, 0.15) is 10.6 Å². The van der Waals surface area contributed by atoms with E-state index in [1.165, 1.54) is 32.4 Å². The minimum absolute atomic E-state index is 0.0804. The van der Waals surface area contributed by atoms with Crippen LogP contribution in [0.25, 0.3) is 0 Å². The fourth-order valence-corrected chi connectivity index (χ4v) is 3.52. The average Bonchev–Trinajstić information content (AvgIpc) is 2.54. The van der Waals surface area contributed by atoms with Gasteiger partial charge in [-0.1, -0.05) is 11.6 Å². The van der Waals surface area contributed by atoms with E-state index < -0.39 is 15.9 Å². The summed E-state index contributed by atoms with van der Waals surface area (Å²) in [6.07, 6.45) is 0.794. The number of carbonyl (C=O) groups excluding carboxylic acids is 1. The lowest BCUT2D eigenvalue weighted by Crippen LogP contribution is -2.39. The summed E-state index contributed by atoms with van der Waals surface area (Å²) < 4.78 is 36.7. The number of nitrogens with one attached hydrogen (secondary N) is 1. The number of benzene rings is 1. The lowest BCUT2D eigenvalue weighted by atomic mass is 10.3. The maximum Gasteiger partial charge on any atom is 0.247 e. The van der Waals surface area contributed by atoms with Crippen molar-refractivity contribution in [1.82, 2.24) is 9.62 Å². The molecule has 0 saturated carbocycles. The van der Waals surface area contributed by atoms with Crippen molar-refractivity contribution in [3.63, 3.8) is 0 Å². The molecule has 0 aliphatic carbocycles. The van der Waals surface area contributed by atoms with Gasteiger partial charge in [0.15, 0.2) is 0 Å². The molecule has 1 aromatic rings. The number of nitrogens with zero attached hydrogens (tertiary/aromatic N) is 1. The Kier molecular flexibility index (Phi) is 8.64. The topological polar surface area (TPSA) is 84.9 Å². The van der Waals surface area contributed by atoms with Crippen LogP contribution in [0.5, 0.6) is 5.75 Å². The summed E-state index contributed by atoms with van der Waals surface area (Å²) in [6.45, 7) is 4.51. The average molecular weight is 393 g/mol. The van der Waals surface area contributed by atoms with Crippen LogP contribution in [0, 0.1) is 0 Å². The largest absolute Gasteiger partial charge is 0.495 e. The number of methoxy groups -OCH3 is 1. The van der Waals surface area contributed by atoms with Crippen molar-refractivity contribution in [2.75, 3.05) is 33.9 Å². The molecule has 0 fully saturated rings. The number of sulfonamides is 1. The van der Waals surface area contributed by atoms with E-state index in [1.807, 2.05) is 13.8 Å². The van der Waals surface area contributed by atoms with Crippen molar-refractivity contribution in [3.8, 4) is 5.75 Å². The molecule has 0 saturated heterocycles. The molecule has 0 aliphatic heterocycles. The minimum atomic E-state index is -3.91. The van der Waals surface area contributed by atoms with Gasteiger partial charge in [-0.15, -0.1) is 0 Å². The summed E-state index contributed by atoms with van der Waals surface area (Å²) in [7, 11) is -1.21. The number of hydrogen-bond donors (Lipinski definition) is 1. The summed E-state index contributed by atoms with van der Waals surface area (Å²) >= 11 is 5.88. The van der Waals surface area contributed by atoms with Crippen LogP contribution in [-0.2, 0) is 19.6 Å². The summed E-state index contributed by atoms with van der Waals surface area (Å²) in [5, 5.41) is 2.93. The fraction of sp³-hybridized carbons (Fsp3) is 0.562. The van der Waals surface area contributed by atoms with Crippen LogP contribution in [0.1, 0.15) is 20.3 Å². The van der Waals surface area contributed by atoms with Gasteiger partial charge in [0.2, 0.25) is 15.9 Å². The van der Waals surface area contributed by atoms with E-state index >= 15 is 0 Å². The van der Waals surface area contributed by atoms with Gasteiger partial charge in [0.25, 0.3) is 0 Å². The first-order valence-corrected chi connectivity index (χ1v) is 9.68. The van der Waals surface area contributed by atoms with Gasteiger partial charge in [-0.2, -0.15) is 4.31 Å². The Hall–Kier alpha value is -1.35. The first-order chi connectivity index (χ1) is 11.7. The highest BCUT2D eigenvalue weighted by Crippen LogP contribution is 2.28. The quantitative estimate of drug-likeness (QED) is 0.615. The number of rotatable bonds is 10. The molecule has 0 unspecified atom stereocenters. The van der Waals surface area contributed by atoms with E-state index in [0.29, 0.717) is 19.6 Å². The molecular weight excluding hydrogens is 368 g/mol. The van der Waals surface area contributed by atoms with Crippen molar-refractivity contribution < 1.29 is 22.7 Å². The van der Waals surface area contributed by atoms with Crippen LogP contribution in [0.2, 0.25) is 5.02 Å². The molecule has 0 aromatic heterocycles. The smallest absolute Gasteiger partial charge is 0.247 e. The number of amides is 1. The second kappa shape index (κ2) is 9.96. The van der Waals surface area contributed by atoms with E-state index in [9.17, 15) is 13.2 Å². The van der Waals surface area contributed by atoms with Crippen LogP contribution in [0.4, 0.5) is 0 Å². The maximum absolute atomic E-state index is 12.6. The third-order valence-corrected chi connectivity index (χ3v) is 5.33. The van der Waals surface area contributed by atoms with Crippen LogP contribution in [0.3, 0.4) is 0 Å². The summed E-state index contributed by atoms with van der Waals surface area (Å²) in [6, 6.07) is 4.30. The zero-order valence-electron chi connectivity index (χ0n) is 14.9. The van der Waals surface area contributed by atoms with Crippen LogP contribution in [0.15, 0.2) is 23.1 Å². The highest BCUT2D eigenvalue weighted by Gasteiger charge is 2.26. The molecule has 0 aliphatic rings. The normalized spacial score (nSPS) is 11.8. The second-order valence-corrected chi connectivity index (χ2v) is 8.13. The standard InChI is InChI=1S/C16H25ClN2O5S/c1-12(2)24-9-5-8-18-16(20)11-19(3)25(21,22)15-10-13(17)6-7-14(15)23-4/h6-7,10,12H,5,8-9,11H2,1-4H3,(H,18,20). The molecule has 0 bridgehead atoms. The van der Waals surface area contributed by atoms with Crippen LogP contribution < -0.4 is 10.1 Å². The molecule has 0 spiro atoms. The second-order valence-electron chi connectivity index (χ2n) is 5.68. The highest BCUT2D eigenvalue weighted by molar-refractivity contribution is 7.89. The maximum atomic E-state index is 12.6. The number of likely N-dealkylation sites (N-methyl/N-ethyl adjacent to an activating group) is 1. The lowest BCUT2D eigenvalue weighted by molar-refractivity contribution is -0.121. The number of ether oxygens (including phenoxy) is 2. The van der Waals surface area contributed by atoms with Gasteiger partial charge in [-0.05, 0) is 38.5 Å². The van der Waals surface area contributed by atoms with E-state index in [1.54, 1.807) is 0 Å². The zero-order chi connectivity index (χ0) is 19.0. The molecular formula is C16H25ClN2O5S. The van der Waals surface area contributed by atoms with E-state index in [4.69, 9.17) is 21.1 Å². The van der Waals surface area contributed by atoms with E-state index in [0.717, 1.165) is 4.31 Å². The summed E-state index contributed by atoms with van der Waals surface area (Å²) in [5.41, 5.74) is 0. The van der Waals surface area contributed by atoms with Crippen LogP contribution >= 0.6 is 11.6 Å². The predicted molar refractivity (Wildman–Crippen MR) is 96.5 cm³/mol. The molecule has 0 heterocycles. The fourth-order valence-electron chi connectivity index (χ4n) is 1.98. The van der Waals surface area contributed by atoms with Crippen molar-refractivity contribution in [2.24, 2.45) is 0 Å². The molecule has 25 heavy (non-hydrogen) atoms. The monoisotopic (exact) mass is 392 g/mol.